The highest BCUT2D eigenvalue weighted by Gasteiger charge is 2.33. The van der Waals surface area contributed by atoms with Gasteiger partial charge in [0, 0.05) is 6.04 Å². The Hall–Kier alpha value is -2.89. The molecule has 2 aromatic rings. The molecule has 0 aromatic carbocycles. The van der Waals surface area contributed by atoms with Crippen molar-refractivity contribution in [1.29, 1.82) is 0 Å². The molecule has 1 aliphatic carbocycles. The monoisotopic (exact) mass is 362 g/mol. The molecule has 1 aliphatic rings. The molecule has 1 unspecified atom stereocenters. The molecule has 3 rings (SSSR count). The molecule has 26 heavy (non-hydrogen) atoms. The SMILES string of the molecule is C#CCNc1nc(NC(C)C2CC2)nc(-c2cccc(C(F)(F)F)n2)n1. The van der Waals surface area contributed by atoms with Crippen molar-refractivity contribution in [3.63, 3.8) is 0 Å². The Kier molecular flexibility index (Phi) is 4.93. The fraction of sp³-hybridized carbons (Fsp3) is 0.412. The molecule has 0 amide bonds. The number of hydrogen-bond acceptors (Lipinski definition) is 6. The summed E-state index contributed by atoms with van der Waals surface area (Å²) in [4.78, 5) is 16.2. The van der Waals surface area contributed by atoms with Crippen molar-refractivity contribution in [1.82, 2.24) is 19.9 Å². The Morgan fingerprint density at radius 3 is 2.58 bits per heavy atom. The van der Waals surface area contributed by atoms with E-state index in [1.54, 1.807) is 0 Å². The summed E-state index contributed by atoms with van der Waals surface area (Å²) in [6.07, 6.45) is 2.93. The predicted octanol–water partition coefficient (Wildman–Crippen LogP) is 3.21. The number of rotatable bonds is 6. The molecule has 0 spiro atoms. The van der Waals surface area contributed by atoms with Crippen molar-refractivity contribution < 1.29 is 13.2 Å². The van der Waals surface area contributed by atoms with Gasteiger partial charge in [-0.15, -0.1) is 6.42 Å². The van der Waals surface area contributed by atoms with Crippen LogP contribution in [0.3, 0.4) is 0 Å². The van der Waals surface area contributed by atoms with Crippen LogP contribution in [0.5, 0.6) is 0 Å². The van der Waals surface area contributed by atoms with Gasteiger partial charge in [-0.2, -0.15) is 28.1 Å². The van der Waals surface area contributed by atoms with E-state index >= 15 is 0 Å². The molecule has 136 valence electrons. The van der Waals surface area contributed by atoms with E-state index in [2.05, 4.69) is 36.5 Å². The minimum atomic E-state index is -4.55. The fourth-order valence-corrected chi connectivity index (χ4v) is 2.40. The van der Waals surface area contributed by atoms with E-state index in [1.807, 2.05) is 6.92 Å². The van der Waals surface area contributed by atoms with Crippen LogP contribution in [-0.4, -0.2) is 32.5 Å². The van der Waals surface area contributed by atoms with E-state index < -0.39 is 11.9 Å². The Bertz CT molecular complexity index is 826. The fourth-order valence-electron chi connectivity index (χ4n) is 2.40. The Morgan fingerprint density at radius 2 is 1.92 bits per heavy atom. The van der Waals surface area contributed by atoms with E-state index in [1.165, 1.54) is 12.1 Å². The van der Waals surface area contributed by atoms with E-state index in [4.69, 9.17) is 6.42 Å². The van der Waals surface area contributed by atoms with Crippen LogP contribution in [-0.2, 0) is 6.18 Å². The Balaban J connectivity index is 1.95. The number of nitrogens with zero attached hydrogens (tertiary/aromatic N) is 4. The van der Waals surface area contributed by atoms with Gasteiger partial charge in [0.25, 0.3) is 0 Å². The lowest BCUT2D eigenvalue weighted by Crippen LogP contribution is -2.20. The number of terminal acetylenes is 1. The van der Waals surface area contributed by atoms with Crippen molar-refractivity contribution in [3.8, 4) is 23.9 Å². The molecule has 2 heterocycles. The van der Waals surface area contributed by atoms with Crippen LogP contribution in [0.1, 0.15) is 25.5 Å². The van der Waals surface area contributed by atoms with Gasteiger partial charge in [-0.3, -0.25) is 0 Å². The van der Waals surface area contributed by atoms with E-state index in [-0.39, 0.29) is 36.0 Å². The highest BCUT2D eigenvalue weighted by atomic mass is 19.4. The summed E-state index contributed by atoms with van der Waals surface area (Å²) in [5, 5.41) is 5.99. The molecule has 0 aliphatic heterocycles. The molecule has 2 aromatic heterocycles. The third kappa shape index (κ3) is 4.39. The van der Waals surface area contributed by atoms with Gasteiger partial charge < -0.3 is 10.6 Å². The van der Waals surface area contributed by atoms with Crippen LogP contribution >= 0.6 is 0 Å². The third-order valence-electron chi connectivity index (χ3n) is 3.94. The lowest BCUT2D eigenvalue weighted by atomic mass is 10.2. The summed E-state index contributed by atoms with van der Waals surface area (Å²) >= 11 is 0. The highest BCUT2D eigenvalue weighted by molar-refractivity contribution is 5.54. The summed E-state index contributed by atoms with van der Waals surface area (Å²) in [5.74, 6) is 3.43. The number of hydrogen-bond donors (Lipinski definition) is 2. The van der Waals surface area contributed by atoms with Crippen LogP contribution < -0.4 is 10.6 Å². The van der Waals surface area contributed by atoms with Gasteiger partial charge in [0.05, 0.1) is 6.54 Å². The van der Waals surface area contributed by atoms with Gasteiger partial charge in [0.15, 0.2) is 5.82 Å². The first-order valence-electron chi connectivity index (χ1n) is 8.11. The maximum Gasteiger partial charge on any atom is 0.433 e. The van der Waals surface area contributed by atoms with Crippen LogP contribution in [0, 0.1) is 18.3 Å². The number of aromatic nitrogens is 4. The number of nitrogens with one attached hydrogen (secondary N) is 2. The van der Waals surface area contributed by atoms with Crippen molar-refractivity contribution in [2.75, 3.05) is 17.2 Å². The second kappa shape index (κ2) is 7.15. The zero-order valence-electron chi connectivity index (χ0n) is 14.0. The van der Waals surface area contributed by atoms with Gasteiger partial charge in [0.1, 0.15) is 11.4 Å². The van der Waals surface area contributed by atoms with Crippen LogP contribution in [0.15, 0.2) is 18.2 Å². The Morgan fingerprint density at radius 1 is 1.19 bits per heavy atom. The quantitative estimate of drug-likeness (QED) is 0.769. The maximum absolute atomic E-state index is 12.9. The summed E-state index contributed by atoms with van der Waals surface area (Å²) in [7, 11) is 0. The molecule has 1 fully saturated rings. The van der Waals surface area contributed by atoms with Crippen molar-refractivity contribution in [2.24, 2.45) is 5.92 Å². The van der Waals surface area contributed by atoms with Crippen LogP contribution in [0.25, 0.3) is 11.5 Å². The van der Waals surface area contributed by atoms with Gasteiger partial charge in [-0.25, -0.2) is 4.98 Å². The average Bonchev–Trinajstić information content (AvgIpc) is 3.44. The lowest BCUT2D eigenvalue weighted by molar-refractivity contribution is -0.141. The topological polar surface area (TPSA) is 75.6 Å². The minimum absolute atomic E-state index is 0.00751. The molecule has 1 saturated carbocycles. The second-order valence-corrected chi connectivity index (χ2v) is 6.04. The normalized spacial score (nSPS) is 15.2. The maximum atomic E-state index is 12.9. The molecule has 2 N–H and O–H groups in total. The van der Waals surface area contributed by atoms with Crippen LogP contribution in [0.2, 0.25) is 0 Å². The zero-order chi connectivity index (χ0) is 18.7. The Labute approximate surface area is 148 Å². The van der Waals surface area contributed by atoms with Crippen LogP contribution in [0.4, 0.5) is 25.1 Å². The third-order valence-corrected chi connectivity index (χ3v) is 3.94. The number of alkyl halides is 3. The first-order valence-corrected chi connectivity index (χ1v) is 8.11. The van der Waals surface area contributed by atoms with E-state index in [0.29, 0.717) is 5.92 Å². The zero-order valence-corrected chi connectivity index (χ0v) is 14.0. The smallest absolute Gasteiger partial charge is 0.351 e. The number of anilines is 2. The van der Waals surface area contributed by atoms with Crippen molar-refractivity contribution >= 4 is 11.9 Å². The van der Waals surface area contributed by atoms with Crippen molar-refractivity contribution in [2.45, 2.75) is 32.0 Å². The molecule has 1 atom stereocenters. The van der Waals surface area contributed by atoms with Gasteiger partial charge >= 0.3 is 6.18 Å². The molecular weight excluding hydrogens is 345 g/mol. The van der Waals surface area contributed by atoms with Gasteiger partial charge in [0.2, 0.25) is 11.9 Å². The number of pyridine rings is 1. The average molecular weight is 362 g/mol. The first kappa shape index (κ1) is 17.9. The second-order valence-electron chi connectivity index (χ2n) is 6.04. The molecular formula is C17H17F3N6. The summed E-state index contributed by atoms with van der Waals surface area (Å²) in [5.41, 5.74) is -0.998. The molecule has 9 heteroatoms. The molecule has 0 bridgehead atoms. The largest absolute Gasteiger partial charge is 0.433 e. The lowest BCUT2D eigenvalue weighted by Gasteiger charge is -2.14. The predicted molar refractivity (Wildman–Crippen MR) is 91.2 cm³/mol. The van der Waals surface area contributed by atoms with Gasteiger partial charge in [-0.1, -0.05) is 12.0 Å². The molecule has 0 saturated heterocycles. The number of halogens is 3. The minimum Gasteiger partial charge on any atom is -0.351 e. The van der Waals surface area contributed by atoms with Gasteiger partial charge in [-0.05, 0) is 37.8 Å². The first-order chi connectivity index (χ1) is 12.4. The van der Waals surface area contributed by atoms with E-state index in [9.17, 15) is 13.2 Å². The van der Waals surface area contributed by atoms with E-state index in [0.717, 1.165) is 18.9 Å². The molecule has 0 radical (unpaired) electrons. The standard InChI is InChI=1S/C17H17F3N6/c1-3-9-21-15-24-14(12-5-4-6-13(23-12)17(18,19)20)25-16(26-15)22-10(2)11-7-8-11/h1,4-6,10-11H,7-9H2,2H3,(H2,21,22,24,25,26). The van der Waals surface area contributed by atoms with Crippen molar-refractivity contribution in [3.05, 3.63) is 23.9 Å². The molecule has 6 nitrogen and oxygen atoms in total. The summed E-state index contributed by atoms with van der Waals surface area (Å²) < 4.78 is 38.7. The summed E-state index contributed by atoms with van der Waals surface area (Å²) in [6, 6.07) is 3.74. The highest BCUT2D eigenvalue weighted by Crippen LogP contribution is 2.34. The summed E-state index contributed by atoms with van der Waals surface area (Å²) in [6.45, 7) is 2.19.